The minimum atomic E-state index is -0.407. The molecule has 3 N–H and O–H groups in total. The van der Waals surface area contributed by atoms with Crippen molar-refractivity contribution in [2.75, 3.05) is 18.4 Å². The molecule has 0 saturated heterocycles. The molecule has 0 atom stereocenters. The standard InChI is InChI=1S/C14H19N3O3/c1-3-15-13(19)7-8-16-14(20)17-12-6-4-5-11(9-12)10(2)18/h4-6,9H,3,7-8H2,1-2H3,(H,15,19)(H2,16,17,20). The summed E-state index contributed by atoms with van der Waals surface area (Å²) in [4.78, 5) is 34.0. The molecule has 1 aromatic carbocycles. The van der Waals surface area contributed by atoms with Gasteiger partial charge in [0.2, 0.25) is 5.91 Å². The summed E-state index contributed by atoms with van der Waals surface area (Å²) in [5, 5.41) is 7.82. The van der Waals surface area contributed by atoms with Gasteiger partial charge in [-0.15, -0.1) is 0 Å². The first-order valence-electron chi connectivity index (χ1n) is 6.45. The van der Waals surface area contributed by atoms with E-state index in [1.807, 2.05) is 6.92 Å². The first-order valence-corrected chi connectivity index (χ1v) is 6.45. The predicted octanol–water partition coefficient (Wildman–Crippen LogP) is 1.54. The number of rotatable bonds is 6. The Balaban J connectivity index is 2.41. The lowest BCUT2D eigenvalue weighted by Crippen LogP contribution is -2.33. The Labute approximate surface area is 117 Å². The van der Waals surface area contributed by atoms with Crippen LogP contribution in [0.5, 0.6) is 0 Å². The molecule has 0 aliphatic heterocycles. The molecule has 0 radical (unpaired) electrons. The molecule has 6 nitrogen and oxygen atoms in total. The Morgan fingerprint density at radius 3 is 2.55 bits per heavy atom. The lowest BCUT2D eigenvalue weighted by molar-refractivity contribution is -0.120. The number of amides is 3. The summed E-state index contributed by atoms with van der Waals surface area (Å²) >= 11 is 0. The normalized spacial score (nSPS) is 9.70. The molecular formula is C14H19N3O3. The number of urea groups is 1. The Morgan fingerprint density at radius 1 is 1.15 bits per heavy atom. The zero-order valence-electron chi connectivity index (χ0n) is 11.7. The Hall–Kier alpha value is -2.37. The Bertz CT molecular complexity index is 500. The quantitative estimate of drug-likeness (QED) is 0.689. The summed E-state index contributed by atoms with van der Waals surface area (Å²) < 4.78 is 0. The van der Waals surface area contributed by atoms with Gasteiger partial charge in [0.1, 0.15) is 0 Å². The van der Waals surface area contributed by atoms with Gasteiger partial charge < -0.3 is 16.0 Å². The molecule has 0 unspecified atom stereocenters. The lowest BCUT2D eigenvalue weighted by Gasteiger charge is -2.08. The van der Waals surface area contributed by atoms with Gasteiger partial charge in [-0.25, -0.2) is 4.79 Å². The van der Waals surface area contributed by atoms with Crippen LogP contribution in [0.25, 0.3) is 0 Å². The molecule has 0 bridgehead atoms. The SMILES string of the molecule is CCNC(=O)CCNC(=O)Nc1cccc(C(C)=O)c1. The van der Waals surface area contributed by atoms with E-state index in [4.69, 9.17) is 0 Å². The van der Waals surface area contributed by atoms with Crippen LogP contribution in [0.1, 0.15) is 30.6 Å². The zero-order chi connectivity index (χ0) is 15.0. The lowest BCUT2D eigenvalue weighted by atomic mass is 10.1. The number of Topliss-reactive ketones (excluding diaryl/α,β-unsaturated/α-hetero) is 1. The van der Waals surface area contributed by atoms with Crippen molar-refractivity contribution in [2.24, 2.45) is 0 Å². The third kappa shape index (κ3) is 5.51. The van der Waals surface area contributed by atoms with Crippen LogP contribution in [-0.4, -0.2) is 30.8 Å². The van der Waals surface area contributed by atoms with E-state index in [-0.39, 0.29) is 24.7 Å². The summed E-state index contributed by atoms with van der Waals surface area (Å²) in [7, 11) is 0. The second-order valence-corrected chi connectivity index (χ2v) is 4.22. The van der Waals surface area contributed by atoms with E-state index < -0.39 is 6.03 Å². The van der Waals surface area contributed by atoms with Crippen LogP contribution in [0.4, 0.5) is 10.5 Å². The molecule has 0 aliphatic carbocycles. The number of carbonyl (C=O) groups excluding carboxylic acids is 3. The second-order valence-electron chi connectivity index (χ2n) is 4.22. The smallest absolute Gasteiger partial charge is 0.319 e. The van der Waals surface area contributed by atoms with E-state index in [2.05, 4.69) is 16.0 Å². The number of benzene rings is 1. The number of anilines is 1. The highest BCUT2D eigenvalue weighted by atomic mass is 16.2. The highest BCUT2D eigenvalue weighted by molar-refractivity contribution is 5.96. The third-order valence-electron chi connectivity index (χ3n) is 2.54. The fourth-order valence-corrected chi connectivity index (χ4v) is 1.57. The van der Waals surface area contributed by atoms with Crippen LogP contribution in [0.15, 0.2) is 24.3 Å². The maximum atomic E-state index is 11.6. The van der Waals surface area contributed by atoms with E-state index >= 15 is 0 Å². The van der Waals surface area contributed by atoms with Crippen LogP contribution in [0, 0.1) is 0 Å². The molecule has 0 aliphatic rings. The van der Waals surface area contributed by atoms with E-state index in [0.29, 0.717) is 17.8 Å². The Morgan fingerprint density at radius 2 is 1.90 bits per heavy atom. The first-order chi connectivity index (χ1) is 9.52. The minimum Gasteiger partial charge on any atom is -0.356 e. The van der Waals surface area contributed by atoms with Crippen LogP contribution >= 0.6 is 0 Å². The molecule has 108 valence electrons. The fourth-order valence-electron chi connectivity index (χ4n) is 1.57. The average Bonchev–Trinajstić information content (AvgIpc) is 2.39. The van der Waals surface area contributed by atoms with Crippen molar-refractivity contribution < 1.29 is 14.4 Å². The number of hydrogen-bond acceptors (Lipinski definition) is 3. The average molecular weight is 277 g/mol. The van der Waals surface area contributed by atoms with Gasteiger partial charge in [0.05, 0.1) is 0 Å². The molecule has 20 heavy (non-hydrogen) atoms. The van der Waals surface area contributed by atoms with Gasteiger partial charge in [-0.05, 0) is 26.0 Å². The van der Waals surface area contributed by atoms with Crippen LogP contribution < -0.4 is 16.0 Å². The first kappa shape index (κ1) is 15.7. The molecule has 0 heterocycles. The van der Waals surface area contributed by atoms with Gasteiger partial charge in [0.15, 0.2) is 5.78 Å². The molecule has 3 amide bonds. The fraction of sp³-hybridized carbons (Fsp3) is 0.357. The third-order valence-corrected chi connectivity index (χ3v) is 2.54. The van der Waals surface area contributed by atoms with Crippen LogP contribution in [0.3, 0.4) is 0 Å². The molecular weight excluding hydrogens is 258 g/mol. The second kappa shape index (κ2) is 7.93. The van der Waals surface area contributed by atoms with E-state index in [1.165, 1.54) is 6.92 Å². The Kier molecular flexibility index (Phi) is 6.22. The summed E-state index contributed by atoms with van der Waals surface area (Å²) in [5.74, 6) is -0.170. The largest absolute Gasteiger partial charge is 0.356 e. The predicted molar refractivity (Wildman–Crippen MR) is 76.8 cm³/mol. The number of carbonyl (C=O) groups is 3. The van der Waals surface area contributed by atoms with Crippen molar-refractivity contribution in [1.82, 2.24) is 10.6 Å². The van der Waals surface area contributed by atoms with Gasteiger partial charge in [0.25, 0.3) is 0 Å². The van der Waals surface area contributed by atoms with Crippen molar-refractivity contribution in [3.8, 4) is 0 Å². The summed E-state index contributed by atoms with van der Waals surface area (Å²) in [5.41, 5.74) is 1.07. The van der Waals surface area contributed by atoms with Crippen molar-refractivity contribution in [3.05, 3.63) is 29.8 Å². The van der Waals surface area contributed by atoms with Gasteiger partial charge in [-0.2, -0.15) is 0 Å². The molecule has 0 spiro atoms. The van der Waals surface area contributed by atoms with Crippen molar-refractivity contribution in [3.63, 3.8) is 0 Å². The summed E-state index contributed by atoms with van der Waals surface area (Å²) in [6.45, 7) is 4.12. The van der Waals surface area contributed by atoms with E-state index in [9.17, 15) is 14.4 Å². The van der Waals surface area contributed by atoms with Crippen molar-refractivity contribution in [2.45, 2.75) is 20.3 Å². The topological polar surface area (TPSA) is 87.3 Å². The summed E-state index contributed by atoms with van der Waals surface area (Å²) in [6, 6.07) is 6.26. The molecule has 0 saturated carbocycles. The maximum Gasteiger partial charge on any atom is 0.319 e. The van der Waals surface area contributed by atoms with Crippen LogP contribution in [-0.2, 0) is 4.79 Å². The number of ketones is 1. The van der Waals surface area contributed by atoms with E-state index in [1.54, 1.807) is 24.3 Å². The van der Waals surface area contributed by atoms with Crippen LogP contribution in [0.2, 0.25) is 0 Å². The number of hydrogen-bond donors (Lipinski definition) is 3. The molecule has 6 heteroatoms. The molecule has 1 rings (SSSR count). The van der Waals surface area contributed by atoms with Gasteiger partial charge in [-0.3, -0.25) is 9.59 Å². The summed E-state index contributed by atoms with van der Waals surface area (Å²) in [6.07, 6.45) is 0.231. The maximum absolute atomic E-state index is 11.6. The molecule has 1 aromatic rings. The zero-order valence-corrected chi connectivity index (χ0v) is 11.7. The van der Waals surface area contributed by atoms with Gasteiger partial charge in [-0.1, -0.05) is 12.1 Å². The molecule has 0 fully saturated rings. The highest BCUT2D eigenvalue weighted by Crippen LogP contribution is 2.10. The van der Waals surface area contributed by atoms with Crippen molar-refractivity contribution >= 4 is 23.4 Å². The van der Waals surface area contributed by atoms with Gasteiger partial charge >= 0.3 is 6.03 Å². The number of nitrogens with one attached hydrogen (secondary N) is 3. The monoisotopic (exact) mass is 277 g/mol. The minimum absolute atomic E-state index is 0.0645. The van der Waals surface area contributed by atoms with E-state index in [0.717, 1.165) is 0 Å². The van der Waals surface area contributed by atoms with Crippen molar-refractivity contribution in [1.29, 1.82) is 0 Å². The molecule has 0 aromatic heterocycles. The highest BCUT2D eigenvalue weighted by Gasteiger charge is 2.05. The van der Waals surface area contributed by atoms with Gasteiger partial charge in [0, 0.05) is 30.8 Å².